The molecular weight excluding hydrogens is 514 g/mol. The topological polar surface area (TPSA) is 109 Å². The van der Waals surface area contributed by atoms with E-state index in [1.807, 2.05) is 24.3 Å². The lowest BCUT2D eigenvalue weighted by Gasteiger charge is -2.15. The first-order chi connectivity index (χ1) is 18.8. The Morgan fingerprint density at radius 3 is 2.56 bits per heavy atom. The van der Waals surface area contributed by atoms with Gasteiger partial charge < -0.3 is 14.8 Å². The first-order valence-corrected chi connectivity index (χ1v) is 13.0. The Kier molecular flexibility index (Phi) is 8.69. The number of methoxy groups -OCH3 is 1. The van der Waals surface area contributed by atoms with Crippen LogP contribution in [0.2, 0.25) is 0 Å². The summed E-state index contributed by atoms with van der Waals surface area (Å²) in [6, 6.07) is 21.6. The minimum atomic E-state index is -0.435. The number of nitriles is 1. The van der Waals surface area contributed by atoms with Crippen molar-refractivity contribution in [3.63, 3.8) is 0 Å². The van der Waals surface area contributed by atoms with Crippen molar-refractivity contribution in [3.8, 4) is 17.6 Å². The van der Waals surface area contributed by atoms with Gasteiger partial charge in [0, 0.05) is 5.69 Å². The van der Waals surface area contributed by atoms with Gasteiger partial charge in [-0.2, -0.15) is 5.26 Å². The fraction of sp³-hybridized carbons (Fsp3) is 0.200. The lowest BCUT2D eigenvalue weighted by Crippen LogP contribution is -2.27. The summed E-state index contributed by atoms with van der Waals surface area (Å²) in [6.45, 7) is 3.92. The highest BCUT2D eigenvalue weighted by molar-refractivity contribution is 8.18. The average molecular weight is 542 g/mol. The Bertz CT molecular complexity index is 1490. The number of rotatable bonds is 9. The maximum atomic E-state index is 13.0. The molecule has 0 atom stereocenters. The molecule has 1 saturated heterocycles. The molecule has 3 amide bonds. The summed E-state index contributed by atoms with van der Waals surface area (Å²) in [7, 11) is 1.48. The van der Waals surface area contributed by atoms with E-state index < -0.39 is 11.1 Å². The first kappa shape index (κ1) is 27.5. The van der Waals surface area contributed by atoms with E-state index in [1.165, 1.54) is 7.11 Å². The standard InChI is InChI=1S/C30H27N3O5S/c1-19(2)23-10-6-7-11-24(23)32-28(34)18-38-25-13-12-20(14-26(25)37-3)15-27-29(35)33(30(36)39-27)17-22-9-5-4-8-21(22)16-31/h4-15,19H,17-18H2,1-3H3,(H,32,34)/b27-15-. The number of anilines is 1. The number of para-hydroxylation sites is 1. The second-order valence-electron chi connectivity index (χ2n) is 9.03. The van der Waals surface area contributed by atoms with Crippen LogP contribution in [0.5, 0.6) is 11.5 Å². The molecule has 1 heterocycles. The maximum absolute atomic E-state index is 13.0. The third-order valence-electron chi connectivity index (χ3n) is 6.04. The molecule has 0 saturated carbocycles. The fourth-order valence-corrected chi connectivity index (χ4v) is 4.90. The van der Waals surface area contributed by atoms with Crippen molar-refractivity contribution in [1.29, 1.82) is 5.26 Å². The number of hydrogen-bond acceptors (Lipinski definition) is 7. The number of amides is 3. The molecule has 0 spiro atoms. The highest BCUT2D eigenvalue weighted by atomic mass is 32.2. The summed E-state index contributed by atoms with van der Waals surface area (Å²) in [4.78, 5) is 39.5. The van der Waals surface area contributed by atoms with Crippen LogP contribution in [0.3, 0.4) is 0 Å². The zero-order valence-electron chi connectivity index (χ0n) is 21.8. The molecule has 8 nitrogen and oxygen atoms in total. The number of carbonyl (C=O) groups is 3. The number of hydrogen-bond donors (Lipinski definition) is 1. The number of nitrogens with zero attached hydrogens (tertiary/aromatic N) is 2. The summed E-state index contributed by atoms with van der Waals surface area (Å²) < 4.78 is 11.2. The van der Waals surface area contributed by atoms with E-state index in [2.05, 4.69) is 25.2 Å². The summed E-state index contributed by atoms with van der Waals surface area (Å²) in [6.07, 6.45) is 1.60. The number of ether oxygens (including phenoxy) is 2. The molecule has 0 bridgehead atoms. The van der Waals surface area contributed by atoms with Gasteiger partial charge in [0.15, 0.2) is 18.1 Å². The van der Waals surface area contributed by atoms with Crippen LogP contribution in [0.15, 0.2) is 71.6 Å². The van der Waals surface area contributed by atoms with Crippen LogP contribution in [0.25, 0.3) is 6.08 Å². The van der Waals surface area contributed by atoms with Crippen molar-refractivity contribution in [1.82, 2.24) is 4.90 Å². The molecule has 1 aliphatic rings. The number of carbonyl (C=O) groups excluding carboxylic acids is 3. The van der Waals surface area contributed by atoms with Gasteiger partial charge in [-0.05, 0) is 64.7 Å². The van der Waals surface area contributed by atoms with Crippen molar-refractivity contribution in [2.24, 2.45) is 0 Å². The zero-order chi connectivity index (χ0) is 27.9. The molecule has 4 rings (SSSR count). The van der Waals surface area contributed by atoms with Gasteiger partial charge in [0.1, 0.15) is 0 Å². The van der Waals surface area contributed by atoms with Crippen LogP contribution >= 0.6 is 11.8 Å². The molecule has 0 radical (unpaired) electrons. The molecule has 9 heteroatoms. The molecule has 0 aromatic heterocycles. The molecule has 1 N–H and O–H groups in total. The van der Waals surface area contributed by atoms with Crippen LogP contribution in [0.4, 0.5) is 10.5 Å². The highest BCUT2D eigenvalue weighted by Gasteiger charge is 2.35. The molecule has 39 heavy (non-hydrogen) atoms. The third kappa shape index (κ3) is 6.48. The van der Waals surface area contributed by atoms with Crippen molar-refractivity contribution in [3.05, 3.63) is 93.9 Å². The minimum Gasteiger partial charge on any atom is -0.493 e. The molecule has 1 fully saturated rings. The van der Waals surface area contributed by atoms with Gasteiger partial charge >= 0.3 is 0 Å². The van der Waals surface area contributed by atoms with Crippen molar-refractivity contribution in [2.75, 3.05) is 19.0 Å². The van der Waals surface area contributed by atoms with Crippen LogP contribution in [-0.2, 0) is 16.1 Å². The number of benzene rings is 3. The second-order valence-corrected chi connectivity index (χ2v) is 10.0. The Hall–Kier alpha value is -4.55. The molecule has 3 aromatic carbocycles. The third-order valence-corrected chi connectivity index (χ3v) is 6.95. The first-order valence-electron chi connectivity index (χ1n) is 12.2. The van der Waals surface area contributed by atoms with E-state index >= 15 is 0 Å². The van der Waals surface area contributed by atoms with Gasteiger partial charge in [-0.25, -0.2) is 0 Å². The van der Waals surface area contributed by atoms with E-state index in [0.717, 1.165) is 27.9 Å². The number of thioether (sulfide) groups is 1. The SMILES string of the molecule is COc1cc(/C=C2\SC(=O)N(Cc3ccccc3C#N)C2=O)ccc1OCC(=O)Nc1ccccc1C(C)C. The Labute approximate surface area is 231 Å². The van der Waals surface area contributed by atoms with E-state index in [1.54, 1.807) is 48.5 Å². The van der Waals surface area contributed by atoms with Gasteiger partial charge in [0.2, 0.25) is 0 Å². The van der Waals surface area contributed by atoms with Crippen LogP contribution in [0, 0.1) is 11.3 Å². The van der Waals surface area contributed by atoms with Gasteiger partial charge in [-0.15, -0.1) is 0 Å². The highest BCUT2D eigenvalue weighted by Crippen LogP contribution is 2.35. The van der Waals surface area contributed by atoms with E-state index in [0.29, 0.717) is 28.2 Å². The Morgan fingerprint density at radius 2 is 1.82 bits per heavy atom. The lowest BCUT2D eigenvalue weighted by atomic mass is 10.0. The monoisotopic (exact) mass is 541 g/mol. The second kappa shape index (κ2) is 12.3. The maximum Gasteiger partial charge on any atom is 0.293 e. The molecule has 0 unspecified atom stereocenters. The predicted molar refractivity (Wildman–Crippen MR) is 150 cm³/mol. The van der Waals surface area contributed by atoms with Crippen molar-refractivity contribution < 1.29 is 23.9 Å². The van der Waals surface area contributed by atoms with Gasteiger partial charge in [0.05, 0.1) is 30.2 Å². The Morgan fingerprint density at radius 1 is 1.08 bits per heavy atom. The minimum absolute atomic E-state index is 0.0194. The average Bonchev–Trinajstić information content (AvgIpc) is 3.19. The fourth-order valence-electron chi connectivity index (χ4n) is 4.06. The van der Waals surface area contributed by atoms with Gasteiger partial charge in [-0.1, -0.05) is 56.3 Å². The van der Waals surface area contributed by atoms with Gasteiger partial charge in [-0.3, -0.25) is 19.3 Å². The van der Waals surface area contributed by atoms with E-state index in [4.69, 9.17) is 9.47 Å². The van der Waals surface area contributed by atoms with E-state index in [9.17, 15) is 19.6 Å². The summed E-state index contributed by atoms with van der Waals surface area (Å²) in [5.41, 5.74) is 3.42. The van der Waals surface area contributed by atoms with E-state index in [-0.39, 0.29) is 29.9 Å². The molecule has 3 aromatic rings. The largest absolute Gasteiger partial charge is 0.493 e. The van der Waals surface area contributed by atoms with Gasteiger partial charge in [0.25, 0.3) is 17.1 Å². The van der Waals surface area contributed by atoms with Crippen molar-refractivity contribution >= 4 is 40.6 Å². The number of imide groups is 1. The molecule has 198 valence electrons. The van der Waals surface area contributed by atoms with Crippen LogP contribution < -0.4 is 14.8 Å². The lowest BCUT2D eigenvalue weighted by molar-refractivity contribution is -0.123. The summed E-state index contributed by atoms with van der Waals surface area (Å²) >= 11 is 0.836. The summed E-state index contributed by atoms with van der Waals surface area (Å²) in [5, 5.41) is 11.8. The summed E-state index contributed by atoms with van der Waals surface area (Å²) in [5.74, 6) is 0.255. The van der Waals surface area contributed by atoms with Crippen LogP contribution in [-0.4, -0.2) is 35.7 Å². The number of nitrogens with one attached hydrogen (secondary N) is 1. The molecule has 1 aliphatic heterocycles. The normalized spacial score (nSPS) is 14.0. The Balaban J connectivity index is 1.43. The van der Waals surface area contributed by atoms with Crippen LogP contribution in [0.1, 0.15) is 42.0 Å². The quantitative estimate of drug-likeness (QED) is 0.334. The zero-order valence-corrected chi connectivity index (χ0v) is 22.6. The van der Waals surface area contributed by atoms with Crippen molar-refractivity contribution in [2.45, 2.75) is 26.3 Å². The predicted octanol–water partition coefficient (Wildman–Crippen LogP) is 5.94. The smallest absolute Gasteiger partial charge is 0.293 e. The molecular formula is C30H27N3O5S. The molecule has 0 aliphatic carbocycles.